The normalized spacial score (nSPS) is 10.7. The molecule has 2 N–H and O–H groups in total. The molecule has 1 aromatic heterocycles. The SMILES string of the molecule is CC(C)c1ccccc1NC(=O)c1ccnc(NCCc2ccc(Cl)cc2)n1. The highest BCUT2D eigenvalue weighted by Crippen LogP contribution is 2.24. The fourth-order valence-corrected chi connectivity index (χ4v) is 2.97. The Morgan fingerprint density at radius 1 is 1.07 bits per heavy atom. The Morgan fingerprint density at radius 3 is 2.57 bits per heavy atom. The maximum Gasteiger partial charge on any atom is 0.274 e. The standard InChI is InChI=1S/C22H23ClN4O/c1-15(2)18-5-3-4-6-19(18)26-21(28)20-12-14-25-22(27-20)24-13-11-16-7-9-17(23)10-8-16/h3-10,12,14-15H,11,13H2,1-2H3,(H,26,28)(H,24,25,27). The zero-order valence-electron chi connectivity index (χ0n) is 15.9. The Balaban J connectivity index is 1.62. The number of anilines is 2. The van der Waals surface area contributed by atoms with E-state index in [1.54, 1.807) is 12.3 Å². The van der Waals surface area contributed by atoms with Crippen LogP contribution in [0.3, 0.4) is 0 Å². The van der Waals surface area contributed by atoms with Gasteiger partial charge in [-0.25, -0.2) is 9.97 Å². The molecule has 0 aliphatic heterocycles. The summed E-state index contributed by atoms with van der Waals surface area (Å²) in [5.74, 6) is 0.488. The van der Waals surface area contributed by atoms with Gasteiger partial charge in [-0.3, -0.25) is 4.79 Å². The molecule has 0 aliphatic carbocycles. The van der Waals surface area contributed by atoms with Crippen molar-refractivity contribution in [3.8, 4) is 0 Å². The highest BCUT2D eigenvalue weighted by atomic mass is 35.5. The Labute approximate surface area is 170 Å². The molecular formula is C22H23ClN4O. The highest BCUT2D eigenvalue weighted by Gasteiger charge is 2.12. The molecule has 1 heterocycles. The molecule has 0 aliphatic rings. The predicted molar refractivity (Wildman–Crippen MR) is 114 cm³/mol. The summed E-state index contributed by atoms with van der Waals surface area (Å²) in [5.41, 5.74) is 3.38. The van der Waals surface area contributed by atoms with Gasteiger partial charge in [0.25, 0.3) is 5.91 Å². The van der Waals surface area contributed by atoms with Crippen LogP contribution < -0.4 is 10.6 Å². The quantitative estimate of drug-likeness (QED) is 0.580. The van der Waals surface area contributed by atoms with Crippen LogP contribution >= 0.6 is 11.6 Å². The maximum absolute atomic E-state index is 12.6. The van der Waals surface area contributed by atoms with Crippen LogP contribution in [0.1, 0.15) is 41.4 Å². The molecular weight excluding hydrogens is 372 g/mol. The van der Waals surface area contributed by atoms with Crippen LogP contribution in [0.15, 0.2) is 60.8 Å². The van der Waals surface area contributed by atoms with E-state index in [2.05, 4.69) is 34.4 Å². The van der Waals surface area contributed by atoms with Gasteiger partial charge in [0, 0.05) is 23.5 Å². The van der Waals surface area contributed by atoms with E-state index in [0.717, 1.165) is 28.3 Å². The van der Waals surface area contributed by atoms with Gasteiger partial charge < -0.3 is 10.6 Å². The Bertz CT molecular complexity index is 941. The van der Waals surface area contributed by atoms with Crippen molar-refractivity contribution < 1.29 is 4.79 Å². The predicted octanol–water partition coefficient (Wildman–Crippen LogP) is 5.16. The molecule has 0 saturated heterocycles. The van der Waals surface area contributed by atoms with Crippen molar-refractivity contribution >= 4 is 29.1 Å². The van der Waals surface area contributed by atoms with Crippen LogP contribution in [0.4, 0.5) is 11.6 Å². The third-order valence-electron chi connectivity index (χ3n) is 4.33. The zero-order valence-corrected chi connectivity index (χ0v) is 16.7. The van der Waals surface area contributed by atoms with Crippen molar-refractivity contribution in [3.05, 3.63) is 82.6 Å². The van der Waals surface area contributed by atoms with E-state index in [4.69, 9.17) is 11.6 Å². The molecule has 144 valence electrons. The van der Waals surface area contributed by atoms with Gasteiger partial charge in [-0.15, -0.1) is 0 Å². The van der Waals surface area contributed by atoms with Crippen molar-refractivity contribution in [2.45, 2.75) is 26.2 Å². The molecule has 5 nitrogen and oxygen atoms in total. The van der Waals surface area contributed by atoms with E-state index < -0.39 is 0 Å². The summed E-state index contributed by atoms with van der Waals surface area (Å²) in [4.78, 5) is 21.2. The number of hydrogen-bond acceptors (Lipinski definition) is 4. The summed E-state index contributed by atoms with van der Waals surface area (Å²) in [6, 6.07) is 17.1. The number of hydrogen-bond donors (Lipinski definition) is 2. The van der Waals surface area contributed by atoms with E-state index in [0.29, 0.717) is 24.1 Å². The van der Waals surface area contributed by atoms with Crippen LogP contribution in [-0.4, -0.2) is 22.4 Å². The second-order valence-corrected chi connectivity index (χ2v) is 7.20. The molecule has 0 radical (unpaired) electrons. The van der Waals surface area contributed by atoms with Crippen molar-refractivity contribution in [2.75, 3.05) is 17.2 Å². The van der Waals surface area contributed by atoms with Gasteiger partial charge in [0.1, 0.15) is 5.69 Å². The molecule has 28 heavy (non-hydrogen) atoms. The van der Waals surface area contributed by atoms with Crippen LogP contribution in [0.2, 0.25) is 5.02 Å². The first-order valence-corrected chi connectivity index (χ1v) is 9.62. The third-order valence-corrected chi connectivity index (χ3v) is 4.58. The van der Waals surface area contributed by atoms with E-state index >= 15 is 0 Å². The first kappa shape index (κ1) is 19.8. The van der Waals surface area contributed by atoms with Gasteiger partial charge in [0.05, 0.1) is 0 Å². The molecule has 2 aromatic carbocycles. The minimum absolute atomic E-state index is 0.253. The number of benzene rings is 2. The lowest BCUT2D eigenvalue weighted by atomic mass is 10.0. The lowest BCUT2D eigenvalue weighted by Crippen LogP contribution is -2.17. The van der Waals surface area contributed by atoms with Gasteiger partial charge in [0.2, 0.25) is 5.95 Å². The molecule has 3 rings (SSSR count). The number of carbonyl (C=O) groups excluding carboxylic acids is 1. The summed E-state index contributed by atoms with van der Waals surface area (Å²) in [6.45, 7) is 4.85. The lowest BCUT2D eigenvalue weighted by Gasteiger charge is -2.13. The smallest absolute Gasteiger partial charge is 0.274 e. The van der Waals surface area contributed by atoms with Crippen molar-refractivity contribution in [2.24, 2.45) is 0 Å². The summed E-state index contributed by atoms with van der Waals surface area (Å²) < 4.78 is 0. The highest BCUT2D eigenvalue weighted by molar-refractivity contribution is 6.30. The maximum atomic E-state index is 12.6. The first-order chi connectivity index (χ1) is 13.5. The molecule has 6 heteroatoms. The number of carbonyl (C=O) groups is 1. The van der Waals surface area contributed by atoms with Crippen LogP contribution in [0.5, 0.6) is 0 Å². The summed E-state index contributed by atoms with van der Waals surface area (Å²) in [6.07, 6.45) is 2.39. The monoisotopic (exact) mass is 394 g/mol. The average Bonchev–Trinajstić information content (AvgIpc) is 2.70. The van der Waals surface area contributed by atoms with Gasteiger partial charge in [-0.2, -0.15) is 0 Å². The molecule has 0 spiro atoms. The van der Waals surface area contributed by atoms with E-state index in [9.17, 15) is 4.79 Å². The lowest BCUT2D eigenvalue weighted by molar-refractivity contribution is 0.102. The van der Waals surface area contributed by atoms with Gasteiger partial charge in [-0.05, 0) is 47.7 Å². The Hall–Kier alpha value is -2.92. The third kappa shape index (κ3) is 5.30. The Morgan fingerprint density at radius 2 is 1.82 bits per heavy atom. The number of amides is 1. The van der Waals surface area contributed by atoms with Crippen LogP contribution in [0.25, 0.3) is 0 Å². The van der Waals surface area contributed by atoms with Crippen LogP contribution in [0, 0.1) is 0 Å². The largest absolute Gasteiger partial charge is 0.354 e. The van der Waals surface area contributed by atoms with Crippen molar-refractivity contribution in [1.29, 1.82) is 0 Å². The molecule has 3 aromatic rings. The van der Waals surface area contributed by atoms with Gasteiger partial charge >= 0.3 is 0 Å². The number of para-hydroxylation sites is 1. The zero-order chi connectivity index (χ0) is 19.9. The topological polar surface area (TPSA) is 66.9 Å². The number of nitrogens with zero attached hydrogens (tertiary/aromatic N) is 2. The van der Waals surface area contributed by atoms with Crippen molar-refractivity contribution in [3.63, 3.8) is 0 Å². The first-order valence-electron chi connectivity index (χ1n) is 9.24. The van der Waals surface area contributed by atoms with Gasteiger partial charge in [0.15, 0.2) is 0 Å². The minimum atomic E-state index is -0.253. The van der Waals surface area contributed by atoms with Crippen LogP contribution in [-0.2, 0) is 6.42 Å². The minimum Gasteiger partial charge on any atom is -0.354 e. The number of nitrogens with one attached hydrogen (secondary N) is 2. The number of rotatable bonds is 7. The summed E-state index contributed by atoms with van der Waals surface area (Å²) in [5, 5.41) is 6.83. The molecule has 0 unspecified atom stereocenters. The number of aromatic nitrogens is 2. The van der Waals surface area contributed by atoms with Gasteiger partial charge in [-0.1, -0.05) is 55.8 Å². The van der Waals surface area contributed by atoms with Crippen molar-refractivity contribution in [1.82, 2.24) is 9.97 Å². The van der Waals surface area contributed by atoms with E-state index in [-0.39, 0.29) is 5.91 Å². The summed E-state index contributed by atoms with van der Waals surface area (Å²) in [7, 11) is 0. The van der Waals surface area contributed by atoms with E-state index in [1.807, 2.05) is 48.5 Å². The molecule has 0 bridgehead atoms. The molecule has 0 fully saturated rings. The second-order valence-electron chi connectivity index (χ2n) is 6.76. The fourth-order valence-electron chi connectivity index (χ4n) is 2.84. The summed E-state index contributed by atoms with van der Waals surface area (Å²) >= 11 is 5.90. The Kier molecular flexibility index (Phi) is 6.61. The fraction of sp³-hybridized carbons (Fsp3) is 0.227. The average molecular weight is 395 g/mol. The van der Waals surface area contributed by atoms with E-state index in [1.165, 1.54) is 0 Å². The molecule has 0 saturated carbocycles. The number of halogens is 1. The molecule has 1 amide bonds. The molecule has 0 atom stereocenters. The second kappa shape index (κ2) is 9.33.